The minimum Gasteiger partial charge on any atom is -0.289 e. The van der Waals surface area contributed by atoms with Crippen LogP contribution < -0.4 is 0 Å². The van der Waals surface area contributed by atoms with Gasteiger partial charge in [0, 0.05) is 0 Å². The largest absolute Gasteiger partial charge is 0.289 e. The fraction of sp³-hybridized carbons (Fsp3) is 0.667. The van der Waals surface area contributed by atoms with E-state index in [-0.39, 0.29) is 6.42 Å². The first kappa shape index (κ1) is 7.67. The van der Waals surface area contributed by atoms with Crippen molar-refractivity contribution in [3.8, 4) is 0 Å². The summed E-state index contributed by atoms with van der Waals surface area (Å²) >= 11 is 0. The molecule has 9 heavy (non-hydrogen) atoms. The average molecular weight is 133 g/mol. The van der Waals surface area contributed by atoms with Crippen LogP contribution in [0.2, 0.25) is 0 Å². The Labute approximate surface area is 50.8 Å². The molecule has 0 saturated carbocycles. The van der Waals surface area contributed by atoms with Gasteiger partial charge in [-0.05, 0) is 16.3 Å². The summed E-state index contributed by atoms with van der Waals surface area (Å²) < 4.78 is 0. The quantitative estimate of drug-likeness (QED) is 0.317. The molecule has 0 bridgehead atoms. The molecule has 6 nitrogen and oxygen atoms in total. The number of hydrogen-bond donors (Lipinski definition) is 0. The van der Waals surface area contributed by atoms with E-state index in [9.17, 15) is 20.2 Å². The predicted octanol–water partition coefficient (Wildman–Crippen LogP) is 0.439. The maximum absolute atomic E-state index is 9.70. The molecule has 0 fully saturated rings. The van der Waals surface area contributed by atoms with Gasteiger partial charge in [-0.3, -0.25) is 20.2 Å². The normalized spacial score (nSPS) is 8.56. The van der Waals surface area contributed by atoms with Crippen LogP contribution in [0.3, 0.4) is 0 Å². The Balaban J connectivity index is 3.99. The van der Waals surface area contributed by atoms with Gasteiger partial charge in [-0.1, -0.05) is 6.92 Å². The van der Waals surface area contributed by atoms with E-state index in [1.807, 2.05) is 0 Å². The maximum atomic E-state index is 9.70. The highest BCUT2D eigenvalue weighted by atomic mass is 16.7. The number of hydrogen-bond acceptors (Lipinski definition) is 4. The van der Waals surface area contributed by atoms with Crippen LogP contribution in [0.25, 0.3) is 0 Å². The Morgan fingerprint density at radius 3 is 1.67 bits per heavy atom. The first-order valence-electron chi connectivity index (χ1n) is 2.24. The zero-order valence-corrected chi connectivity index (χ0v) is 4.73. The van der Waals surface area contributed by atoms with Crippen molar-refractivity contribution in [1.82, 2.24) is 0 Å². The minimum atomic E-state index is -0.986. The highest BCUT2D eigenvalue weighted by Crippen LogP contribution is 2.04. The van der Waals surface area contributed by atoms with Crippen molar-refractivity contribution >= 4 is 0 Å². The van der Waals surface area contributed by atoms with Gasteiger partial charge in [0.25, 0.3) is 6.17 Å². The second kappa shape index (κ2) is 2.85. The van der Waals surface area contributed by atoms with E-state index in [4.69, 9.17) is 0 Å². The lowest BCUT2D eigenvalue weighted by Gasteiger charge is -2.07. The van der Waals surface area contributed by atoms with Crippen molar-refractivity contribution in [3.63, 3.8) is 0 Å². The van der Waals surface area contributed by atoms with Gasteiger partial charge in [-0.2, -0.15) is 0 Å². The summed E-state index contributed by atoms with van der Waals surface area (Å²) in [5.41, 5.74) is 0. The molecule has 0 N–H and O–H groups in total. The van der Waals surface area contributed by atoms with Gasteiger partial charge >= 0.3 is 0 Å². The van der Waals surface area contributed by atoms with Crippen LogP contribution in [0.4, 0.5) is 0 Å². The van der Waals surface area contributed by atoms with Crippen molar-refractivity contribution in [1.29, 1.82) is 0 Å². The zero-order valence-electron chi connectivity index (χ0n) is 4.73. The Hall–Kier alpha value is -1.33. The summed E-state index contributed by atoms with van der Waals surface area (Å²) in [6, 6.07) is 0. The van der Waals surface area contributed by atoms with Gasteiger partial charge < -0.3 is 0 Å². The molecule has 0 saturated heterocycles. The van der Waals surface area contributed by atoms with Crippen LogP contribution in [-0.4, -0.2) is 9.85 Å². The second-order valence-corrected chi connectivity index (χ2v) is 1.28. The summed E-state index contributed by atoms with van der Waals surface area (Å²) in [4.78, 5) is 17.4. The van der Waals surface area contributed by atoms with Crippen molar-refractivity contribution in [3.05, 3.63) is 26.4 Å². The van der Waals surface area contributed by atoms with Crippen molar-refractivity contribution in [2.45, 2.75) is 13.3 Å². The maximum Gasteiger partial charge on any atom is 0.264 e. The molecule has 0 heterocycles. The van der Waals surface area contributed by atoms with Gasteiger partial charge in [-0.25, -0.2) is 0 Å². The van der Waals surface area contributed by atoms with Gasteiger partial charge in [-0.15, -0.1) is 0 Å². The third-order valence-corrected chi connectivity index (χ3v) is 0.738. The smallest absolute Gasteiger partial charge is 0.264 e. The molecule has 0 aromatic rings. The lowest BCUT2D eigenvalue weighted by atomic mass is 10.4. The first-order valence-corrected chi connectivity index (χ1v) is 2.24. The standard InChI is InChI=1S/C3H5N2O4/c1-2-3(4(6)7)5(8)9/h2H2,1H3/q-1. The first-order chi connectivity index (χ1) is 4.09. The average Bonchev–Trinajstić information content (AvgIpc) is 1.64. The van der Waals surface area contributed by atoms with Crippen molar-refractivity contribution < 1.29 is 9.85 Å². The number of nitro groups is 2. The topological polar surface area (TPSA) is 86.3 Å². The fourth-order valence-electron chi connectivity index (χ4n) is 0.325. The van der Waals surface area contributed by atoms with Crippen LogP contribution in [-0.2, 0) is 0 Å². The molecule has 0 aliphatic carbocycles. The predicted molar refractivity (Wildman–Crippen MR) is 27.5 cm³/mol. The van der Waals surface area contributed by atoms with Crippen LogP contribution in [0.5, 0.6) is 0 Å². The summed E-state index contributed by atoms with van der Waals surface area (Å²) in [5, 5.41) is 19.4. The van der Waals surface area contributed by atoms with Crippen LogP contribution >= 0.6 is 0 Å². The molecule has 0 unspecified atom stereocenters. The van der Waals surface area contributed by atoms with E-state index in [0.29, 0.717) is 0 Å². The second-order valence-electron chi connectivity index (χ2n) is 1.28. The lowest BCUT2D eigenvalue weighted by molar-refractivity contribution is -0.671. The molecule has 0 aliphatic heterocycles. The Morgan fingerprint density at radius 2 is 1.67 bits per heavy atom. The van der Waals surface area contributed by atoms with Crippen molar-refractivity contribution in [2.24, 2.45) is 0 Å². The Bertz CT molecular complexity index is 120. The van der Waals surface area contributed by atoms with Gasteiger partial charge in [0.15, 0.2) is 0 Å². The third kappa shape index (κ3) is 1.94. The molecule has 52 valence electrons. The van der Waals surface area contributed by atoms with E-state index < -0.39 is 16.0 Å². The summed E-state index contributed by atoms with van der Waals surface area (Å²) in [6.07, 6.45) is -1.02. The summed E-state index contributed by atoms with van der Waals surface area (Å²) in [5.74, 6) is 0. The summed E-state index contributed by atoms with van der Waals surface area (Å²) in [6.45, 7) is 1.36. The number of nitrogens with zero attached hydrogens (tertiary/aromatic N) is 2. The summed E-state index contributed by atoms with van der Waals surface area (Å²) in [7, 11) is 0. The van der Waals surface area contributed by atoms with Crippen molar-refractivity contribution in [2.75, 3.05) is 0 Å². The van der Waals surface area contributed by atoms with Gasteiger partial charge in [0.1, 0.15) is 0 Å². The Kier molecular flexibility index (Phi) is 2.43. The minimum absolute atomic E-state index is 0.153. The zero-order chi connectivity index (χ0) is 7.44. The van der Waals surface area contributed by atoms with E-state index in [1.54, 1.807) is 0 Å². The monoisotopic (exact) mass is 133 g/mol. The van der Waals surface area contributed by atoms with Gasteiger partial charge in [0.05, 0.1) is 0 Å². The SMILES string of the molecule is CC[C-]([N+](=O)[O-])[N+](=O)[O-]. The highest BCUT2D eigenvalue weighted by Gasteiger charge is 2.14. The molecular weight excluding hydrogens is 128 g/mol. The lowest BCUT2D eigenvalue weighted by Crippen LogP contribution is -2.17. The molecule has 0 radical (unpaired) electrons. The van der Waals surface area contributed by atoms with E-state index in [0.717, 1.165) is 0 Å². The molecule has 0 rings (SSSR count). The third-order valence-electron chi connectivity index (χ3n) is 0.738. The molecule has 0 aliphatic rings. The van der Waals surface area contributed by atoms with Gasteiger partial charge in [0.2, 0.25) is 0 Å². The van der Waals surface area contributed by atoms with Crippen LogP contribution in [0, 0.1) is 26.4 Å². The van der Waals surface area contributed by atoms with E-state index in [1.165, 1.54) is 6.92 Å². The molecule has 0 aromatic heterocycles. The fourth-order valence-corrected chi connectivity index (χ4v) is 0.325. The van der Waals surface area contributed by atoms with E-state index in [2.05, 4.69) is 0 Å². The Morgan fingerprint density at radius 1 is 1.33 bits per heavy atom. The molecule has 0 atom stereocenters. The highest BCUT2D eigenvalue weighted by molar-refractivity contribution is 4.55. The molecule has 0 amide bonds. The van der Waals surface area contributed by atoms with Crippen LogP contribution in [0.15, 0.2) is 0 Å². The molecule has 0 aromatic carbocycles. The number of rotatable bonds is 3. The van der Waals surface area contributed by atoms with E-state index >= 15 is 0 Å². The molecule has 0 spiro atoms. The molecule has 6 heteroatoms. The molecular formula is C3H5N2O4-. The van der Waals surface area contributed by atoms with Crippen LogP contribution in [0.1, 0.15) is 13.3 Å².